The van der Waals surface area contributed by atoms with Gasteiger partial charge in [-0.15, -0.1) is 0 Å². The number of nitrogens with zero attached hydrogens (tertiary/aromatic N) is 2. The van der Waals surface area contributed by atoms with Gasteiger partial charge >= 0.3 is 0 Å². The minimum atomic E-state index is 0.279. The van der Waals surface area contributed by atoms with Crippen LogP contribution in [0.5, 0.6) is 11.5 Å². The summed E-state index contributed by atoms with van der Waals surface area (Å²) in [4.78, 5) is 7.04. The molecule has 0 aliphatic carbocycles. The van der Waals surface area contributed by atoms with Gasteiger partial charge in [0.2, 0.25) is 0 Å². The SMILES string of the molecule is COc1cc2c(cc1OC)C1CCOC(=NCc3ccccc3)N1CC2. The van der Waals surface area contributed by atoms with E-state index in [4.69, 9.17) is 19.2 Å². The smallest absolute Gasteiger partial charge is 0.288 e. The van der Waals surface area contributed by atoms with Crippen molar-refractivity contribution in [2.45, 2.75) is 25.4 Å². The van der Waals surface area contributed by atoms with Crippen molar-refractivity contribution < 1.29 is 14.2 Å². The molecule has 1 fully saturated rings. The Morgan fingerprint density at radius 2 is 1.88 bits per heavy atom. The predicted molar refractivity (Wildman–Crippen MR) is 101 cm³/mol. The highest BCUT2D eigenvalue weighted by Gasteiger charge is 2.34. The Kier molecular flexibility index (Phi) is 4.69. The molecule has 1 saturated heterocycles. The van der Waals surface area contributed by atoms with Crippen molar-refractivity contribution in [3.8, 4) is 11.5 Å². The maximum Gasteiger partial charge on any atom is 0.288 e. The maximum atomic E-state index is 5.91. The minimum absolute atomic E-state index is 0.279. The van der Waals surface area contributed by atoms with Gasteiger partial charge in [-0.3, -0.25) is 0 Å². The summed E-state index contributed by atoms with van der Waals surface area (Å²) in [6.07, 6.45) is 1.90. The summed E-state index contributed by atoms with van der Waals surface area (Å²) in [5.41, 5.74) is 3.81. The highest BCUT2D eigenvalue weighted by atomic mass is 16.5. The number of rotatable bonds is 4. The largest absolute Gasteiger partial charge is 0.493 e. The molecule has 0 spiro atoms. The molecule has 2 aliphatic heterocycles. The lowest BCUT2D eigenvalue weighted by Gasteiger charge is -2.42. The lowest BCUT2D eigenvalue weighted by Crippen LogP contribution is -2.45. The molecule has 2 aromatic rings. The lowest BCUT2D eigenvalue weighted by atomic mass is 9.90. The molecule has 26 heavy (non-hydrogen) atoms. The molecule has 2 heterocycles. The predicted octanol–water partition coefficient (Wildman–Crippen LogP) is 3.58. The van der Waals surface area contributed by atoms with E-state index in [1.165, 1.54) is 16.7 Å². The average molecular weight is 352 g/mol. The Bertz CT molecular complexity index is 804. The van der Waals surface area contributed by atoms with Crippen LogP contribution in [0.1, 0.15) is 29.2 Å². The number of amidine groups is 1. The van der Waals surface area contributed by atoms with Crippen molar-refractivity contribution >= 4 is 6.02 Å². The van der Waals surface area contributed by atoms with Crippen LogP contribution in [0, 0.1) is 0 Å². The van der Waals surface area contributed by atoms with E-state index in [1.54, 1.807) is 14.2 Å². The van der Waals surface area contributed by atoms with Gasteiger partial charge in [0.15, 0.2) is 11.5 Å². The highest BCUT2D eigenvalue weighted by Crippen LogP contribution is 2.40. The maximum absolute atomic E-state index is 5.91. The number of ether oxygens (including phenoxy) is 3. The molecule has 136 valence electrons. The number of methoxy groups -OCH3 is 2. The third kappa shape index (κ3) is 3.09. The number of benzene rings is 2. The van der Waals surface area contributed by atoms with Gasteiger partial charge in [0.25, 0.3) is 6.02 Å². The average Bonchev–Trinajstić information content (AvgIpc) is 2.71. The van der Waals surface area contributed by atoms with Crippen LogP contribution in [0.4, 0.5) is 0 Å². The van der Waals surface area contributed by atoms with E-state index in [-0.39, 0.29) is 6.04 Å². The van der Waals surface area contributed by atoms with Crippen LogP contribution in [-0.2, 0) is 17.7 Å². The zero-order valence-electron chi connectivity index (χ0n) is 15.3. The standard InChI is InChI=1S/C21H24N2O3/c1-24-19-12-16-8-10-23-18(17(16)13-20(19)25-2)9-11-26-21(23)22-14-15-6-4-3-5-7-15/h3-7,12-13,18H,8-11,14H2,1-2H3. The summed E-state index contributed by atoms with van der Waals surface area (Å²) in [6.45, 7) is 2.22. The molecule has 2 aliphatic rings. The van der Waals surface area contributed by atoms with Crippen LogP contribution >= 0.6 is 0 Å². The van der Waals surface area contributed by atoms with Gasteiger partial charge in [-0.2, -0.15) is 0 Å². The van der Waals surface area contributed by atoms with Crippen LogP contribution in [-0.4, -0.2) is 38.3 Å². The first-order valence-electron chi connectivity index (χ1n) is 9.02. The van der Waals surface area contributed by atoms with Crippen LogP contribution in [0.15, 0.2) is 47.5 Å². The molecule has 1 atom stereocenters. The minimum Gasteiger partial charge on any atom is -0.493 e. The fourth-order valence-corrected chi connectivity index (χ4v) is 3.79. The monoisotopic (exact) mass is 352 g/mol. The van der Waals surface area contributed by atoms with Crippen molar-refractivity contribution in [2.24, 2.45) is 4.99 Å². The van der Waals surface area contributed by atoms with E-state index in [0.717, 1.165) is 36.9 Å². The first-order valence-corrected chi connectivity index (χ1v) is 9.02. The van der Waals surface area contributed by atoms with Gasteiger partial charge in [0.1, 0.15) is 0 Å². The summed E-state index contributed by atoms with van der Waals surface area (Å²) in [5.74, 6) is 1.58. The van der Waals surface area contributed by atoms with Crippen molar-refractivity contribution in [2.75, 3.05) is 27.4 Å². The second-order valence-corrected chi connectivity index (χ2v) is 6.59. The molecule has 1 unspecified atom stereocenters. The number of hydrogen-bond donors (Lipinski definition) is 0. The van der Waals surface area contributed by atoms with E-state index in [2.05, 4.69) is 29.2 Å². The first-order chi connectivity index (χ1) is 12.8. The van der Waals surface area contributed by atoms with Crippen LogP contribution in [0.25, 0.3) is 0 Å². The van der Waals surface area contributed by atoms with E-state index < -0.39 is 0 Å². The molecule has 0 saturated carbocycles. The van der Waals surface area contributed by atoms with Crippen molar-refractivity contribution in [3.63, 3.8) is 0 Å². The third-order valence-electron chi connectivity index (χ3n) is 5.11. The molecule has 0 radical (unpaired) electrons. The zero-order chi connectivity index (χ0) is 17.9. The van der Waals surface area contributed by atoms with Crippen LogP contribution in [0.2, 0.25) is 0 Å². The topological polar surface area (TPSA) is 43.3 Å². The van der Waals surface area contributed by atoms with Gasteiger partial charge < -0.3 is 19.1 Å². The number of aliphatic imine (C=N–C) groups is 1. The Morgan fingerprint density at radius 3 is 2.65 bits per heavy atom. The molecule has 0 bridgehead atoms. The fourth-order valence-electron chi connectivity index (χ4n) is 3.79. The van der Waals surface area contributed by atoms with E-state index in [1.807, 2.05) is 18.2 Å². The highest BCUT2D eigenvalue weighted by molar-refractivity contribution is 5.76. The molecule has 0 aromatic heterocycles. The Morgan fingerprint density at radius 1 is 1.12 bits per heavy atom. The molecule has 0 N–H and O–H groups in total. The molecule has 5 nitrogen and oxygen atoms in total. The van der Waals surface area contributed by atoms with Gasteiger partial charge in [0, 0.05) is 13.0 Å². The summed E-state index contributed by atoms with van der Waals surface area (Å²) < 4.78 is 16.9. The summed E-state index contributed by atoms with van der Waals surface area (Å²) >= 11 is 0. The van der Waals surface area contributed by atoms with Crippen molar-refractivity contribution in [1.29, 1.82) is 0 Å². The summed E-state index contributed by atoms with van der Waals surface area (Å²) in [7, 11) is 3.36. The second-order valence-electron chi connectivity index (χ2n) is 6.59. The van der Waals surface area contributed by atoms with E-state index in [9.17, 15) is 0 Å². The Labute approximate surface area is 154 Å². The summed E-state index contributed by atoms with van der Waals surface area (Å²) in [6, 6.07) is 15.5. The van der Waals surface area contributed by atoms with E-state index in [0.29, 0.717) is 13.2 Å². The first kappa shape index (κ1) is 16.8. The van der Waals surface area contributed by atoms with Crippen molar-refractivity contribution in [3.05, 3.63) is 59.2 Å². The third-order valence-corrected chi connectivity index (χ3v) is 5.11. The lowest BCUT2D eigenvalue weighted by molar-refractivity contribution is 0.116. The van der Waals surface area contributed by atoms with Gasteiger partial charge in [-0.1, -0.05) is 30.3 Å². The molecule has 5 heteroatoms. The molecule has 4 rings (SSSR count). The normalized spacial score (nSPS) is 20.2. The molecular formula is C21H24N2O3. The van der Waals surface area contributed by atoms with Crippen LogP contribution < -0.4 is 9.47 Å². The molecule has 2 aromatic carbocycles. The quantitative estimate of drug-likeness (QED) is 0.844. The number of hydrogen-bond acceptors (Lipinski definition) is 4. The van der Waals surface area contributed by atoms with Gasteiger partial charge in [-0.05, 0) is 35.2 Å². The zero-order valence-corrected chi connectivity index (χ0v) is 15.3. The second kappa shape index (κ2) is 7.28. The summed E-state index contributed by atoms with van der Waals surface area (Å²) in [5, 5.41) is 0. The fraction of sp³-hybridized carbons (Fsp3) is 0.381. The molecule has 0 amide bonds. The Balaban J connectivity index is 1.62. The van der Waals surface area contributed by atoms with E-state index >= 15 is 0 Å². The van der Waals surface area contributed by atoms with Gasteiger partial charge in [-0.25, -0.2) is 4.99 Å². The van der Waals surface area contributed by atoms with Crippen LogP contribution in [0.3, 0.4) is 0 Å². The Hall–Kier alpha value is -2.69. The molecular weight excluding hydrogens is 328 g/mol. The number of fused-ring (bicyclic) bond motifs is 3. The van der Waals surface area contributed by atoms with Gasteiger partial charge in [0.05, 0.1) is 33.4 Å². The van der Waals surface area contributed by atoms with Crippen molar-refractivity contribution in [1.82, 2.24) is 4.90 Å².